The van der Waals surface area contributed by atoms with Crippen molar-refractivity contribution < 1.29 is 14.4 Å². The number of anilines is 1. The molecule has 0 saturated heterocycles. The van der Waals surface area contributed by atoms with Gasteiger partial charge in [-0.05, 0) is 37.1 Å². The Morgan fingerprint density at radius 1 is 1.17 bits per heavy atom. The van der Waals surface area contributed by atoms with Gasteiger partial charge < -0.3 is 14.9 Å². The number of nitrogens with one attached hydrogen (secondary N) is 1. The molecule has 1 N–H and O–H groups in total. The number of hydrogen-bond acceptors (Lipinski definition) is 4. The molecule has 0 atom stereocenters. The summed E-state index contributed by atoms with van der Waals surface area (Å²) in [6, 6.07) is 15.1. The van der Waals surface area contributed by atoms with Crippen LogP contribution in [0.25, 0.3) is 0 Å². The molecule has 0 aliphatic rings. The number of para-hydroxylation sites is 2. The van der Waals surface area contributed by atoms with Crippen molar-refractivity contribution in [2.75, 3.05) is 18.5 Å². The average Bonchev–Trinajstić information content (AvgIpc) is 2.55. The average molecular weight is 312 g/mol. The van der Waals surface area contributed by atoms with Crippen LogP contribution in [-0.2, 0) is 9.63 Å². The van der Waals surface area contributed by atoms with Crippen LogP contribution in [0.4, 0.5) is 5.69 Å². The highest BCUT2D eigenvalue weighted by Gasteiger charge is 2.07. The van der Waals surface area contributed by atoms with Gasteiger partial charge in [0.05, 0.1) is 18.5 Å². The highest BCUT2D eigenvalue weighted by atomic mass is 16.6. The first kappa shape index (κ1) is 16.5. The summed E-state index contributed by atoms with van der Waals surface area (Å²) in [5, 5.41) is 6.57. The fourth-order valence-corrected chi connectivity index (χ4v) is 1.96. The molecule has 2 rings (SSSR count). The molecule has 1 amide bonds. The van der Waals surface area contributed by atoms with Crippen LogP contribution in [0.2, 0.25) is 0 Å². The van der Waals surface area contributed by atoms with Crippen molar-refractivity contribution in [3.8, 4) is 5.75 Å². The van der Waals surface area contributed by atoms with Crippen molar-refractivity contribution >= 4 is 17.8 Å². The number of carbonyl (C=O) groups is 1. The number of ether oxygens (including phenoxy) is 1. The van der Waals surface area contributed by atoms with Crippen LogP contribution in [0.1, 0.15) is 18.1 Å². The Morgan fingerprint density at radius 2 is 1.91 bits per heavy atom. The Bertz CT molecular complexity index is 683. The van der Waals surface area contributed by atoms with Gasteiger partial charge in [-0.25, -0.2) is 0 Å². The van der Waals surface area contributed by atoms with Gasteiger partial charge in [-0.2, -0.15) is 0 Å². The number of nitrogens with zero attached hydrogens (tertiary/aromatic N) is 1. The van der Waals surface area contributed by atoms with E-state index in [1.807, 2.05) is 50.2 Å². The molecule has 0 fully saturated rings. The second kappa shape index (κ2) is 8.58. The summed E-state index contributed by atoms with van der Waals surface area (Å²) in [6.07, 6.45) is 1.59. The fourth-order valence-electron chi connectivity index (χ4n) is 1.96. The zero-order valence-corrected chi connectivity index (χ0v) is 13.3. The van der Waals surface area contributed by atoms with Gasteiger partial charge in [-0.3, -0.25) is 4.79 Å². The van der Waals surface area contributed by atoms with E-state index < -0.39 is 0 Å². The molecular weight excluding hydrogens is 292 g/mol. The summed E-state index contributed by atoms with van der Waals surface area (Å²) in [6.45, 7) is 4.24. The lowest BCUT2D eigenvalue weighted by atomic mass is 10.1. The van der Waals surface area contributed by atoms with Gasteiger partial charge in [-0.15, -0.1) is 0 Å². The van der Waals surface area contributed by atoms with Crippen LogP contribution < -0.4 is 10.1 Å². The maximum Gasteiger partial charge on any atom is 0.265 e. The first-order valence-electron chi connectivity index (χ1n) is 7.43. The van der Waals surface area contributed by atoms with Crippen molar-refractivity contribution in [2.45, 2.75) is 13.8 Å². The zero-order chi connectivity index (χ0) is 16.5. The maximum absolute atomic E-state index is 11.9. The normalized spacial score (nSPS) is 10.5. The number of rotatable bonds is 7. The van der Waals surface area contributed by atoms with Crippen molar-refractivity contribution in [3.63, 3.8) is 0 Å². The summed E-state index contributed by atoms with van der Waals surface area (Å²) in [5.74, 6) is 0.339. The van der Waals surface area contributed by atoms with Gasteiger partial charge in [-0.1, -0.05) is 41.6 Å². The monoisotopic (exact) mass is 312 g/mol. The van der Waals surface area contributed by atoms with E-state index in [2.05, 4.69) is 10.5 Å². The molecule has 0 radical (unpaired) electrons. The third kappa shape index (κ3) is 5.14. The van der Waals surface area contributed by atoms with E-state index in [-0.39, 0.29) is 12.5 Å². The second-order valence-corrected chi connectivity index (χ2v) is 4.84. The van der Waals surface area contributed by atoms with Crippen LogP contribution in [-0.4, -0.2) is 25.3 Å². The van der Waals surface area contributed by atoms with E-state index in [0.717, 1.165) is 11.1 Å². The lowest BCUT2D eigenvalue weighted by molar-refractivity contribution is -0.120. The smallest absolute Gasteiger partial charge is 0.265 e. The molecular formula is C18H20N2O3. The Labute approximate surface area is 135 Å². The van der Waals surface area contributed by atoms with E-state index >= 15 is 0 Å². The van der Waals surface area contributed by atoms with Crippen LogP contribution >= 0.6 is 0 Å². The number of benzene rings is 2. The lowest BCUT2D eigenvalue weighted by Crippen LogP contribution is -2.17. The topological polar surface area (TPSA) is 59.9 Å². The minimum absolute atomic E-state index is 0.164. The largest absolute Gasteiger partial charge is 0.492 e. The predicted molar refractivity (Wildman–Crippen MR) is 91.0 cm³/mol. The molecule has 0 heterocycles. The standard InChI is InChI=1S/C18H20N2O3/c1-3-22-17-11-7-6-10-16(17)20-18(21)13-23-19-12-15-9-5-4-8-14(15)2/h4-12H,3,13H2,1-2H3,(H,20,21). The van der Waals surface area contributed by atoms with E-state index in [9.17, 15) is 4.79 Å². The van der Waals surface area contributed by atoms with Gasteiger partial charge in [0.15, 0.2) is 6.61 Å². The maximum atomic E-state index is 11.9. The summed E-state index contributed by atoms with van der Waals surface area (Å²) in [7, 11) is 0. The SMILES string of the molecule is CCOc1ccccc1NC(=O)CON=Cc1ccccc1C. The number of carbonyl (C=O) groups excluding carboxylic acids is 1. The van der Waals surface area contributed by atoms with E-state index in [1.165, 1.54) is 0 Å². The van der Waals surface area contributed by atoms with Gasteiger partial charge in [0.2, 0.25) is 0 Å². The van der Waals surface area contributed by atoms with Gasteiger partial charge in [0, 0.05) is 0 Å². The van der Waals surface area contributed by atoms with Crippen LogP contribution in [0.3, 0.4) is 0 Å². The third-order valence-electron chi connectivity index (χ3n) is 3.11. The van der Waals surface area contributed by atoms with Crippen molar-refractivity contribution in [2.24, 2.45) is 5.16 Å². The Morgan fingerprint density at radius 3 is 2.70 bits per heavy atom. The molecule has 0 saturated carbocycles. The highest BCUT2D eigenvalue weighted by Crippen LogP contribution is 2.23. The van der Waals surface area contributed by atoms with Crippen molar-refractivity contribution in [1.29, 1.82) is 0 Å². The van der Waals surface area contributed by atoms with Crippen LogP contribution in [0.5, 0.6) is 5.75 Å². The Hall–Kier alpha value is -2.82. The minimum atomic E-state index is -0.293. The summed E-state index contributed by atoms with van der Waals surface area (Å²) in [5.41, 5.74) is 2.66. The summed E-state index contributed by atoms with van der Waals surface area (Å²) >= 11 is 0. The molecule has 23 heavy (non-hydrogen) atoms. The molecule has 5 nitrogen and oxygen atoms in total. The summed E-state index contributed by atoms with van der Waals surface area (Å²) < 4.78 is 5.45. The predicted octanol–water partition coefficient (Wildman–Crippen LogP) is 3.38. The van der Waals surface area contributed by atoms with Gasteiger partial charge in [0.1, 0.15) is 5.75 Å². The molecule has 0 aliphatic carbocycles. The third-order valence-corrected chi connectivity index (χ3v) is 3.11. The molecule has 2 aromatic carbocycles. The summed E-state index contributed by atoms with van der Waals surface area (Å²) in [4.78, 5) is 16.9. The highest BCUT2D eigenvalue weighted by molar-refractivity contribution is 5.93. The molecule has 0 unspecified atom stereocenters. The molecule has 120 valence electrons. The fraction of sp³-hybridized carbons (Fsp3) is 0.222. The lowest BCUT2D eigenvalue weighted by Gasteiger charge is -2.10. The van der Waals surface area contributed by atoms with Crippen LogP contribution in [0, 0.1) is 6.92 Å². The van der Waals surface area contributed by atoms with Crippen LogP contribution in [0.15, 0.2) is 53.7 Å². The first-order chi connectivity index (χ1) is 11.2. The number of oxime groups is 1. The Kier molecular flexibility index (Phi) is 6.17. The number of aryl methyl sites for hydroxylation is 1. The van der Waals surface area contributed by atoms with E-state index in [4.69, 9.17) is 9.57 Å². The quantitative estimate of drug-likeness (QED) is 0.630. The van der Waals surface area contributed by atoms with E-state index in [1.54, 1.807) is 18.3 Å². The second-order valence-electron chi connectivity index (χ2n) is 4.84. The van der Waals surface area contributed by atoms with Crippen molar-refractivity contribution in [1.82, 2.24) is 0 Å². The van der Waals surface area contributed by atoms with Gasteiger partial charge >= 0.3 is 0 Å². The van der Waals surface area contributed by atoms with Gasteiger partial charge in [0.25, 0.3) is 5.91 Å². The first-order valence-corrected chi connectivity index (χ1v) is 7.43. The Balaban J connectivity index is 1.85. The molecule has 5 heteroatoms. The van der Waals surface area contributed by atoms with E-state index in [0.29, 0.717) is 18.0 Å². The zero-order valence-electron chi connectivity index (χ0n) is 13.3. The molecule has 0 aliphatic heterocycles. The number of amides is 1. The molecule has 0 aromatic heterocycles. The minimum Gasteiger partial charge on any atom is -0.492 e. The molecule has 0 bridgehead atoms. The molecule has 0 spiro atoms. The molecule has 2 aromatic rings. The number of hydrogen-bond donors (Lipinski definition) is 1. The van der Waals surface area contributed by atoms with Crippen molar-refractivity contribution in [3.05, 3.63) is 59.7 Å².